The van der Waals surface area contributed by atoms with Gasteiger partial charge in [0, 0.05) is 0 Å². The van der Waals surface area contributed by atoms with Gasteiger partial charge in [0.05, 0.1) is 10.7 Å². The highest BCUT2D eigenvalue weighted by Crippen LogP contribution is 2.27. The lowest BCUT2D eigenvalue weighted by molar-refractivity contribution is -0.122. The zero-order valence-corrected chi connectivity index (χ0v) is 14.7. The number of ether oxygens (including phenoxy) is 1. The summed E-state index contributed by atoms with van der Waals surface area (Å²) in [6, 6.07) is 11.6. The lowest BCUT2D eigenvalue weighted by atomic mass is 10.1. The number of anilines is 1. The number of rotatable bonds is 5. The van der Waals surface area contributed by atoms with Gasteiger partial charge in [-0.15, -0.1) is 0 Å². The maximum absolute atomic E-state index is 12.3. The van der Waals surface area contributed by atoms with Gasteiger partial charge >= 0.3 is 0 Å². The second-order valence-electron chi connectivity index (χ2n) is 5.69. The predicted molar refractivity (Wildman–Crippen MR) is 95.5 cm³/mol. The summed E-state index contributed by atoms with van der Waals surface area (Å²) < 4.78 is 5.70. The third-order valence-corrected chi connectivity index (χ3v) is 3.99. The first-order chi connectivity index (χ1) is 10.9. The fourth-order valence-electron chi connectivity index (χ4n) is 2.36. The van der Waals surface area contributed by atoms with E-state index in [9.17, 15) is 4.79 Å². The topological polar surface area (TPSA) is 38.3 Å². The van der Waals surface area contributed by atoms with Gasteiger partial charge in [0.1, 0.15) is 5.75 Å². The highest BCUT2D eigenvalue weighted by Gasteiger charge is 2.17. The number of nitrogens with one attached hydrogen (secondary N) is 1. The molecule has 0 heterocycles. The Bertz CT molecular complexity index is 672. The largest absolute Gasteiger partial charge is 0.481 e. The van der Waals surface area contributed by atoms with E-state index < -0.39 is 6.10 Å². The highest BCUT2D eigenvalue weighted by molar-refractivity contribution is 6.34. The molecule has 1 N–H and O–H groups in total. The first-order valence-electron chi connectivity index (χ1n) is 7.74. The summed E-state index contributed by atoms with van der Waals surface area (Å²) in [4.78, 5) is 12.3. The molecule has 3 nitrogen and oxygen atoms in total. The smallest absolute Gasteiger partial charge is 0.265 e. The van der Waals surface area contributed by atoms with E-state index in [1.54, 1.807) is 6.92 Å². The Morgan fingerprint density at radius 2 is 1.87 bits per heavy atom. The SMILES string of the molecule is CCc1ccc(OC(C)C(=O)Nc2c(C)cc(C)cc2Cl)cc1. The van der Waals surface area contributed by atoms with E-state index in [1.165, 1.54) is 5.56 Å². The monoisotopic (exact) mass is 331 g/mol. The van der Waals surface area contributed by atoms with E-state index in [4.69, 9.17) is 16.3 Å². The molecular weight excluding hydrogens is 310 g/mol. The molecule has 2 aromatic carbocycles. The third-order valence-electron chi connectivity index (χ3n) is 3.69. The molecule has 1 unspecified atom stereocenters. The summed E-state index contributed by atoms with van der Waals surface area (Å²) in [7, 11) is 0. The Morgan fingerprint density at radius 3 is 2.43 bits per heavy atom. The number of benzene rings is 2. The molecule has 122 valence electrons. The van der Waals surface area contributed by atoms with Crippen molar-refractivity contribution in [3.8, 4) is 5.75 Å². The standard InChI is InChI=1S/C19H22ClNO2/c1-5-15-6-8-16(9-7-15)23-14(4)19(22)21-18-13(3)10-12(2)11-17(18)20/h6-11,14H,5H2,1-4H3,(H,21,22). The number of amides is 1. The quantitative estimate of drug-likeness (QED) is 0.844. The Hall–Kier alpha value is -2.00. The van der Waals surface area contributed by atoms with Crippen molar-refractivity contribution >= 4 is 23.2 Å². The van der Waals surface area contributed by atoms with Crippen molar-refractivity contribution < 1.29 is 9.53 Å². The van der Waals surface area contributed by atoms with Crippen LogP contribution in [-0.2, 0) is 11.2 Å². The number of carbonyl (C=O) groups is 1. The highest BCUT2D eigenvalue weighted by atomic mass is 35.5. The van der Waals surface area contributed by atoms with Gasteiger partial charge in [0.15, 0.2) is 6.10 Å². The fraction of sp³-hybridized carbons (Fsp3) is 0.316. The van der Waals surface area contributed by atoms with E-state index in [2.05, 4.69) is 12.2 Å². The summed E-state index contributed by atoms with van der Waals surface area (Å²) in [6.45, 7) is 7.71. The van der Waals surface area contributed by atoms with Crippen LogP contribution in [0.25, 0.3) is 0 Å². The fourth-order valence-corrected chi connectivity index (χ4v) is 2.73. The maximum atomic E-state index is 12.3. The van der Waals surface area contributed by atoms with Gasteiger partial charge in [-0.05, 0) is 62.1 Å². The molecule has 0 spiro atoms. The van der Waals surface area contributed by atoms with Crippen LogP contribution in [0.3, 0.4) is 0 Å². The molecule has 0 saturated heterocycles. The molecule has 0 aliphatic rings. The Labute approximate surface area is 142 Å². The average molecular weight is 332 g/mol. The van der Waals surface area contributed by atoms with Crippen LogP contribution in [-0.4, -0.2) is 12.0 Å². The van der Waals surface area contributed by atoms with Crippen LogP contribution in [0.2, 0.25) is 5.02 Å². The minimum Gasteiger partial charge on any atom is -0.481 e. The zero-order valence-electron chi connectivity index (χ0n) is 13.9. The molecule has 2 aromatic rings. The van der Waals surface area contributed by atoms with Crippen molar-refractivity contribution in [3.05, 3.63) is 58.1 Å². The number of halogens is 1. The first kappa shape index (κ1) is 17.4. The first-order valence-corrected chi connectivity index (χ1v) is 8.11. The van der Waals surface area contributed by atoms with Gasteiger partial charge in [0.2, 0.25) is 0 Å². The van der Waals surface area contributed by atoms with Gasteiger partial charge in [-0.3, -0.25) is 4.79 Å². The minimum atomic E-state index is -0.612. The van der Waals surface area contributed by atoms with Crippen molar-refractivity contribution in [2.24, 2.45) is 0 Å². The van der Waals surface area contributed by atoms with Crippen LogP contribution >= 0.6 is 11.6 Å². The molecule has 1 amide bonds. The van der Waals surface area contributed by atoms with Crippen LogP contribution in [0.5, 0.6) is 5.75 Å². The second-order valence-corrected chi connectivity index (χ2v) is 6.09. The number of hydrogen-bond donors (Lipinski definition) is 1. The summed E-state index contributed by atoms with van der Waals surface area (Å²) >= 11 is 6.22. The minimum absolute atomic E-state index is 0.224. The molecule has 23 heavy (non-hydrogen) atoms. The number of aryl methyl sites for hydroxylation is 3. The maximum Gasteiger partial charge on any atom is 0.265 e. The molecule has 0 aliphatic heterocycles. The Morgan fingerprint density at radius 1 is 1.22 bits per heavy atom. The number of hydrogen-bond acceptors (Lipinski definition) is 2. The van der Waals surface area contributed by atoms with Crippen LogP contribution in [0, 0.1) is 13.8 Å². The summed E-state index contributed by atoms with van der Waals surface area (Å²) in [6.07, 6.45) is 0.362. The van der Waals surface area contributed by atoms with Gasteiger partial charge < -0.3 is 10.1 Å². The van der Waals surface area contributed by atoms with Crippen LogP contribution in [0.4, 0.5) is 5.69 Å². The molecule has 0 fully saturated rings. The van der Waals surface area contributed by atoms with Crippen LogP contribution in [0.15, 0.2) is 36.4 Å². The van der Waals surface area contributed by atoms with Crippen molar-refractivity contribution in [3.63, 3.8) is 0 Å². The normalized spacial score (nSPS) is 11.9. The number of carbonyl (C=O) groups excluding carboxylic acids is 1. The van der Waals surface area contributed by atoms with Crippen molar-refractivity contribution in [1.82, 2.24) is 0 Å². The second kappa shape index (κ2) is 7.51. The van der Waals surface area contributed by atoms with Crippen LogP contribution < -0.4 is 10.1 Å². The molecule has 2 rings (SSSR count). The third kappa shape index (κ3) is 4.49. The molecule has 0 aliphatic carbocycles. The molecule has 1 atom stereocenters. The van der Waals surface area contributed by atoms with E-state index in [1.807, 2.05) is 50.2 Å². The summed E-state index contributed by atoms with van der Waals surface area (Å²) in [5.41, 5.74) is 3.87. The van der Waals surface area contributed by atoms with E-state index in [-0.39, 0.29) is 5.91 Å². The Kier molecular flexibility index (Phi) is 5.67. The van der Waals surface area contributed by atoms with Crippen LogP contribution in [0.1, 0.15) is 30.5 Å². The van der Waals surface area contributed by atoms with Gasteiger partial charge in [0.25, 0.3) is 5.91 Å². The van der Waals surface area contributed by atoms with Crippen molar-refractivity contribution in [2.45, 2.75) is 40.2 Å². The van der Waals surface area contributed by atoms with E-state index in [0.717, 1.165) is 17.5 Å². The molecule has 0 radical (unpaired) electrons. The van der Waals surface area contributed by atoms with Gasteiger partial charge in [-0.1, -0.05) is 36.7 Å². The lowest BCUT2D eigenvalue weighted by Gasteiger charge is -2.17. The van der Waals surface area contributed by atoms with Gasteiger partial charge in [-0.25, -0.2) is 0 Å². The van der Waals surface area contributed by atoms with Gasteiger partial charge in [-0.2, -0.15) is 0 Å². The average Bonchev–Trinajstić information content (AvgIpc) is 2.51. The molecular formula is C19H22ClNO2. The Balaban J connectivity index is 2.05. The predicted octanol–water partition coefficient (Wildman–Crippen LogP) is 4.93. The van der Waals surface area contributed by atoms with Crippen molar-refractivity contribution in [2.75, 3.05) is 5.32 Å². The summed E-state index contributed by atoms with van der Waals surface area (Å²) in [5, 5.41) is 3.39. The van der Waals surface area contributed by atoms with E-state index >= 15 is 0 Å². The molecule has 0 bridgehead atoms. The molecule has 0 saturated carbocycles. The molecule has 0 aromatic heterocycles. The van der Waals surface area contributed by atoms with E-state index in [0.29, 0.717) is 16.5 Å². The van der Waals surface area contributed by atoms with Crippen molar-refractivity contribution in [1.29, 1.82) is 0 Å². The lowest BCUT2D eigenvalue weighted by Crippen LogP contribution is -2.30. The molecule has 4 heteroatoms. The zero-order chi connectivity index (χ0) is 17.0. The summed E-state index contributed by atoms with van der Waals surface area (Å²) in [5.74, 6) is 0.454.